The van der Waals surface area contributed by atoms with Crippen molar-refractivity contribution in [3.8, 4) is 11.5 Å². The minimum absolute atomic E-state index is 0.0318. The van der Waals surface area contributed by atoms with Crippen LogP contribution in [0.25, 0.3) is 10.9 Å². The maximum atomic E-state index is 13.7. The van der Waals surface area contributed by atoms with E-state index >= 15 is 0 Å². The zero-order chi connectivity index (χ0) is 21.7. The van der Waals surface area contributed by atoms with Crippen LogP contribution in [0.2, 0.25) is 0 Å². The molecule has 0 aliphatic carbocycles. The van der Waals surface area contributed by atoms with Gasteiger partial charge in [-0.15, -0.1) is 11.3 Å². The van der Waals surface area contributed by atoms with Crippen molar-refractivity contribution in [2.75, 3.05) is 20.4 Å². The highest BCUT2D eigenvalue weighted by Crippen LogP contribution is 2.42. The van der Waals surface area contributed by atoms with Crippen LogP contribution in [-0.2, 0) is 17.8 Å². The molecule has 2 aromatic carbocycles. The minimum atomic E-state index is -0.235. The van der Waals surface area contributed by atoms with Crippen molar-refractivity contribution in [2.45, 2.75) is 19.1 Å². The average molecular weight is 447 g/mol. The maximum Gasteiger partial charge on any atom is 0.264 e. The highest BCUT2D eigenvalue weighted by molar-refractivity contribution is 7.14. The molecule has 0 fully saturated rings. The van der Waals surface area contributed by atoms with Crippen LogP contribution in [0.4, 0.5) is 0 Å². The first-order valence-corrected chi connectivity index (χ1v) is 11.4. The third-order valence-corrected chi connectivity index (χ3v) is 7.21. The van der Waals surface area contributed by atoms with E-state index in [1.54, 1.807) is 7.11 Å². The molecule has 6 nitrogen and oxygen atoms in total. The first kappa shape index (κ1) is 19.4. The van der Waals surface area contributed by atoms with Gasteiger partial charge in [-0.25, -0.2) is 0 Å². The van der Waals surface area contributed by atoms with E-state index in [4.69, 9.17) is 14.2 Å². The van der Waals surface area contributed by atoms with Gasteiger partial charge in [0.05, 0.1) is 17.5 Å². The minimum Gasteiger partial charge on any atom is -0.454 e. The largest absolute Gasteiger partial charge is 0.454 e. The third-order valence-electron chi connectivity index (χ3n) is 6.17. The predicted molar refractivity (Wildman–Crippen MR) is 122 cm³/mol. The van der Waals surface area contributed by atoms with Gasteiger partial charge < -0.3 is 24.1 Å². The van der Waals surface area contributed by atoms with Gasteiger partial charge in [0.1, 0.15) is 0 Å². The van der Waals surface area contributed by atoms with Gasteiger partial charge in [0.15, 0.2) is 11.5 Å². The van der Waals surface area contributed by atoms with Crippen molar-refractivity contribution in [3.05, 3.63) is 81.2 Å². The van der Waals surface area contributed by atoms with Crippen LogP contribution in [0.15, 0.2) is 54.6 Å². The molecule has 4 aromatic rings. The topological polar surface area (TPSA) is 63.8 Å². The normalized spacial score (nSPS) is 17.0. The van der Waals surface area contributed by atoms with Crippen LogP contribution < -0.4 is 9.47 Å². The number of hydrogen-bond donors (Lipinski definition) is 1. The quantitative estimate of drug-likeness (QED) is 0.485. The molecule has 6 rings (SSSR count). The van der Waals surface area contributed by atoms with Gasteiger partial charge in [-0.3, -0.25) is 4.79 Å². The Morgan fingerprint density at radius 3 is 2.94 bits per heavy atom. The molecule has 0 radical (unpaired) electrons. The number of benzene rings is 2. The Hall–Kier alpha value is -3.29. The summed E-state index contributed by atoms with van der Waals surface area (Å²) in [5.41, 5.74) is 4.44. The van der Waals surface area contributed by atoms with E-state index < -0.39 is 0 Å². The van der Waals surface area contributed by atoms with Crippen molar-refractivity contribution in [2.24, 2.45) is 0 Å². The summed E-state index contributed by atoms with van der Waals surface area (Å²) in [5.74, 6) is 1.49. The molecule has 2 aliphatic heterocycles. The van der Waals surface area contributed by atoms with Crippen LogP contribution in [0.3, 0.4) is 0 Å². The van der Waals surface area contributed by atoms with Gasteiger partial charge in [0.25, 0.3) is 5.91 Å². The SMILES string of the molecule is COCc1ccc(C(=O)N2CCc3c([nH]c4ccccc34)C2c2ccc3c(c2)OCO3)s1. The number of ether oxygens (including phenoxy) is 3. The lowest BCUT2D eigenvalue weighted by molar-refractivity contribution is 0.0696. The Balaban J connectivity index is 1.47. The smallest absolute Gasteiger partial charge is 0.264 e. The second-order valence-corrected chi connectivity index (χ2v) is 9.19. The number of fused-ring (bicyclic) bond motifs is 4. The molecule has 4 heterocycles. The number of amides is 1. The summed E-state index contributed by atoms with van der Waals surface area (Å²) in [6.45, 7) is 1.38. The lowest BCUT2D eigenvalue weighted by Crippen LogP contribution is -2.40. The molecule has 1 N–H and O–H groups in total. The number of H-pyrrole nitrogens is 1. The van der Waals surface area contributed by atoms with Gasteiger partial charge in [-0.2, -0.15) is 0 Å². The summed E-state index contributed by atoms with van der Waals surface area (Å²) in [6.07, 6.45) is 0.808. The van der Waals surface area contributed by atoms with E-state index in [9.17, 15) is 4.79 Å². The summed E-state index contributed by atoms with van der Waals surface area (Å²) < 4.78 is 16.4. The van der Waals surface area contributed by atoms with Crippen LogP contribution in [0, 0.1) is 0 Å². The van der Waals surface area contributed by atoms with Crippen molar-refractivity contribution in [1.29, 1.82) is 0 Å². The number of nitrogens with one attached hydrogen (secondary N) is 1. The van der Waals surface area contributed by atoms with Crippen molar-refractivity contribution in [3.63, 3.8) is 0 Å². The zero-order valence-electron chi connectivity index (χ0n) is 17.6. The molecule has 32 heavy (non-hydrogen) atoms. The monoisotopic (exact) mass is 446 g/mol. The van der Waals surface area contributed by atoms with Crippen LogP contribution in [0.5, 0.6) is 11.5 Å². The number of aromatic amines is 1. The molecular weight excluding hydrogens is 424 g/mol. The van der Waals surface area contributed by atoms with E-state index in [-0.39, 0.29) is 18.7 Å². The lowest BCUT2D eigenvalue weighted by atomic mass is 9.92. The number of nitrogens with zero attached hydrogens (tertiary/aromatic N) is 1. The van der Waals surface area contributed by atoms with Gasteiger partial charge >= 0.3 is 0 Å². The van der Waals surface area contributed by atoms with Gasteiger partial charge in [0.2, 0.25) is 6.79 Å². The van der Waals surface area contributed by atoms with Crippen molar-refractivity contribution in [1.82, 2.24) is 9.88 Å². The second-order valence-electron chi connectivity index (χ2n) is 8.03. The first-order chi connectivity index (χ1) is 15.7. The molecule has 162 valence electrons. The van der Waals surface area contributed by atoms with E-state index in [0.29, 0.717) is 13.2 Å². The lowest BCUT2D eigenvalue weighted by Gasteiger charge is -2.36. The fourth-order valence-electron chi connectivity index (χ4n) is 4.74. The Bertz CT molecular complexity index is 1320. The summed E-state index contributed by atoms with van der Waals surface area (Å²) in [5, 5.41) is 1.22. The number of thiophene rings is 1. The number of aromatic nitrogens is 1. The van der Waals surface area contributed by atoms with E-state index in [1.807, 2.05) is 41.3 Å². The van der Waals surface area contributed by atoms with E-state index in [0.717, 1.165) is 44.4 Å². The highest BCUT2D eigenvalue weighted by atomic mass is 32.1. The standard InChI is InChI=1S/C25H22N2O4S/c1-29-13-16-7-9-22(32-16)25(28)27-11-10-18-17-4-2-3-5-19(17)26-23(18)24(27)15-6-8-20-21(12-15)31-14-30-20/h2-9,12,24,26H,10-11,13-14H2,1H3. The van der Waals surface area contributed by atoms with E-state index in [2.05, 4.69) is 23.2 Å². The maximum absolute atomic E-state index is 13.7. The molecule has 1 amide bonds. The number of para-hydroxylation sites is 1. The highest BCUT2D eigenvalue weighted by Gasteiger charge is 2.36. The van der Waals surface area contributed by atoms with Crippen molar-refractivity contribution >= 4 is 28.1 Å². The fraction of sp³-hybridized carbons (Fsp3) is 0.240. The van der Waals surface area contributed by atoms with Gasteiger partial charge in [0, 0.05) is 35.1 Å². The van der Waals surface area contributed by atoms with Gasteiger partial charge in [-0.1, -0.05) is 24.3 Å². The van der Waals surface area contributed by atoms with E-state index in [1.165, 1.54) is 22.3 Å². The number of methoxy groups -OCH3 is 1. The van der Waals surface area contributed by atoms with Crippen molar-refractivity contribution < 1.29 is 19.0 Å². The Morgan fingerprint density at radius 2 is 2.03 bits per heavy atom. The molecule has 0 saturated carbocycles. The molecule has 2 aliphatic rings. The second kappa shape index (κ2) is 7.69. The predicted octanol–water partition coefficient (Wildman–Crippen LogP) is 4.89. The average Bonchev–Trinajstić information content (AvgIpc) is 3.55. The summed E-state index contributed by atoms with van der Waals surface area (Å²) >= 11 is 1.49. The number of hydrogen-bond acceptors (Lipinski definition) is 5. The third kappa shape index (κ3) is 3.08. The molecule has 0 saturated heterocycles. The Labute approximate surface area is 189 Å². The Morgan fingerprint density at radius 1 is 1.16 bits per heavy atom. The van der Waals surface area contributed by atoms with Crippen LogP contribution in [0.1, 0.15) is 37.4 Å². The summed E-state index contributed by atoms with van der Waals surface area (Å²) in [4.78, 5) is 21.0. The first-order valence-electron chi connectivity index (χ1n) is 10.6. The van der Waals surface area contributed by atoms with Gasteiger partial charge in [-0.05, 0) is 47.9 Å². The van der Waals surface area contributed by atoms with Crippen LogP contribution in [-0.4, -0.2) is 36.2 Å². The molecule has 7 heteroatoms. The number of carbonyl (C=O) groups excluding carboxylic acids is 1. The molecule has 1 atom stereocenters. The fourth-order valence-corrected chi connectivity index (χ4v) is 5.68. The summed E-state index contributed by atoms with van der Waals surface area (Å²) in [6, 6.07) is 17.9. The number of rotatable bonds is 4. The Kier molecular flexibility index (Phi) is 4.66. The summed E-state index contributed by atoms with van der Waals surface area (Å²) in [7, 11) is 1.67. The molecular formula is C25H22N2O4S. The zero-order valence-corrected chi connectivity index (χ0v) is 18.4. The molecule has 0 bridgehead atoms. The number of carbonyl (C=O) groups is 1. The molecule has 2 aromatic heterocycles. The molecule has 1 unspecified atom stereocenters. The molecule has 0 spiro atoms. The van der Waals surface area contributed by atoms with Crippen LogP contribution >= 0.6 is 11.3 Å².